The van der Waals surface area contributed by atoms with Gasteiger partial charge in [-0.2, -0.15) is 0 Å². The van der Waals surface area contributed by atoms with Gasteiger partial charge < -0.3 is 10.5 Å². The lowest BCUT2D eigenvalue weighted by Gasteiger charge is -2.09. The molecule has 2 aromatic rings. The molecule has 2 N–H and O–H groups in total. The zero-order chi connectivity index (χ0) is 13.0. The first-order valence-electron chi connectivity index (χ1n) is 5.42. The van der Waals surface area contributed by atoms with Gasteiger partial charge in [0, 0.05) is 18.3 Å². The van der Waals surface area contributed by atoms with Crippen molar-refractivity contribution in [1.29, 1.82) is 0 Å². The molecule has 1 aromatic carbocycles. The first kappa shape index (κ1) is 12.8. The number of rotatable bonds is 4. The Kier molecular flexibility index (Phi) is 4.12. The SMILES string of the molecule is NCc1ccnc(OCc2ccccc2F)c1Cl. The van der Waals surface area contributed by atoms with E-state index in [1.165, 1.54) is 6.07 Å². The predicted octanol–water partition coefficient (Wildman–Crippen LogP) is 2.91. The molecule has 5 heteroatoms. The number of pyridine rings is 1. The standard InChI is InChI=1S/C13H12ClFN2O/c14-12-9(7-16)5-6-17-13(12)18-8-10-3-1-2-4-11(10)15/h1-6H,7-8,16H2. The van der Waals surface area contributed by atoms with E-state index in [9.17, 15) is 4.39 Å². The van der Waals surface area contributed by atoms with Gasteiger partial charge in [0.2, 0.25) is 5.88 Å². The van der Waals surface area contributed by atoms with Gasteiger partial charge in [0.05, 0.1) is 0 Å². The van der Waals surface area contributed by atoms with Crippen LogP contribution in [0.2, 0.25) is 5.02 Å². The van der Waals surface area contributed by atoms with E-state index in [2.05, 4.69) is 4.98 Å². The van der Waals surface area contributed by atoms with Crippen LogP contribution in [-0.4, -0.2) is 4.98 Å². The summed E-state index contributed by atoms with van der Waals surface area (Å²) >= 11 is 6.05. The average molecular weight is 267 g/mol. The molecule has 0 radical (unpaired) electrons. The van der Waals surface area contributed by atoms with Crippen molar-refractivity contribution in [3.8, 4) is 5.88 Å². The maximum atomic E-state index is 13.4. The number of hydrogen-bond donors (Lipinski definition) is 1. The second kappa shape index (κ2) is 5.80. The highest BCUT2D eigenvalue weighted by Crippen LogP contribution is 2.26. The van der Waals surface area contributed by atoms with Gasteiger partial charge in [-0.1, -0.05) is 29.8 Å². The van der Waals surface area contributed by atoms with Gasteiger partial charge in [-0.15, -0.1) is 0 Å². The van der Waals surface area contributed by atoms with E-state index < -0.39 is 0 Å². The first-order valence-corrected chi connectivity index (χ1v) is 5.80. The van der Waals surface area contributed by atoms with Crippen LogP contribution in [0.4, 0.5) is 4.39 Å². The van der Waals surface area contributed by atoms with Crippen LogP contribution in [0.3, 0.4) is 0 Å². The largest absolute Gasteiger partial charge is 0.472 e. The Morgan fingerprint density at radius 2 is 2.00 bits per heavy atom. The minimum absolute atomic E-state index is 0.0768. The molecule has 0 saturated heterocycles. The molecule has 0 aliphatic rings. The number of benzene rings is 1. The van der Waals surface area contributed by atoms with Crippen molar-refractivity contribution in [2.24, 2.45) is 5.73 Å². The van der Waals surface area contributed by atoms with Gasteiger partial charge in [0.1, 0.15) is 17.4 Å². The molecule has 0 amide bonds. The quantitative estimate of drug-likeness (QED) is 0.926. The third kappa shape index (κ3) is 2.78. The Bertz CT molecular complexity index is 548. The van der Waals surface area contributed by atoms with Gasteiger partial charge in [-0.05, 0) is 17.7 Å². The molecule has 94 valence electrons. The number of nitrogens with zero attached hydrogens (tertiary/aromatic N) is 1. The summed E-state index contributed by atoms with van der Waals surface area (Å²) in [6.07, 6.45) is 1.56. The lowest BCUT2D eigenvalue weighted by Crippen LogP contribution is -2.03. The Morgan fingerprint density at radius 3 is 2.72 bits per heavy atom. The van der Waals surface area contributed by atoms with Crippen molar-refractivity contribution in [1.82, 2.24) is 4.98 Å². The number of ether oxygens (including phenoxy) is 1. The Hall–Kier alpha value is -1.65. The normalized spacial score (nSPS) is 10.4. The summed E-state index contributed by atoms with van der Waals surface area (Å²) in [6.45, 7) is 0.380. The van der Waals surface area contributed by atoms with Crippen LogP contribution < -0.4 is 10.5 Å². The average Bonchev–Trinajstić information content (AvgIpc) is 2.39. The minimum atomic E-state index is -0.316. The van der Waals surface area contributed by atoms with Gasteiger partial charge in [0.25, 0.3) is 0 Å². The molecule has 0 unspecified atom stereocenters. The maximum absolute atomic E-state index is 13.4. The number of nitrogens with two attached hydrogens (primary N) is 1. The zero-order valence-corrected chi connectivity index (χ0v) is 10.3. The maximum Gasteiger partial charge on any atom is 0.233 e. The number of aromatic nitrogens is 1. The molecular weight excluding hydrogens is 255 g/mol. The molecule has 2 rings (SSSR count). The molecular formula is C13H12ClFN2O. The van der Waals surface area contributed by atoms with Crippen LogP contribution in [-0.2, 0) is 13.2 Å². The minimum Gasteiger partial charge on any atom is -0.472 e. The van der Waals surface area contributed by atoms with E-state index >= 15 is 0 Å². The predicted molar refractivity (Wildman–Crippen MR) is 67.9 cm³/mol. The van der Waals surface area contributed by atoms with E-state index in [1.54, 1.807) is 30.5 Å². The molecule has 0 spiro atoms. The second-order valence-corrected chi connectivity index (χ2v) is 4.05. The highest BCUT2D eigenvalue weighted by atomic mass is 35.5. The summed E-state index contributed by atoms with van der Waals surface area (Å²) in [5, 5.41) is 0.372. The molecule has 0 aliphatic heterocycles. The molecule has 0 fully saturated rings. The highest BCUT2D eigenvalue weighted by molar-refractivity contribution is 6.32. The van der Waals surface area contributed by atoms with Crippen molar-refractivity contribution >= 4 is 11.6 Å². The Balaban J connectivity index is 2.14. The summed E-state index contributed by atoms with van der Waals surface area (Å²) in [5.74, 6) is -0.0496. The third-order valence-corrected chi connectivity index (χ3v) is 2.88. The van der Waals surface area contributed by atoms with Crippen molar-refractivity contribution in [2.75, 3.05) is 0 Å². The lowest BCUT2D eigenvalue weighted by atomic mass is 10.2. The van der Waals surface area contributed by atoms with Crippen LogP contribution >= 0.6 is 11.6 Å². The number of hydrogen-bond acceptors (Lipinski definition) is 3. The van der Waals surface area contributed by atoms with Crippen LogP contribution in [0.25, 0.3) is 0 Å². The molecule has 1 aromatic heterocycles. The zero-order valence-electron chi connectivity index (χ0n) is 9.57. The lowest BCUT2D eigenvalue weighted by molar-refractivity contribution is 0.288. The summed E-state index contributed by atoms with van der Waals surface area (Å²) in [6, 6.07) is 8.12. The van der Waals surface area contributed by atoms with Crippen LogP contribution in [0.1, 0.15) is 11.1 Å². The fraction of sp³-hybridized carbons (Fsp3) is 0.154. The van der Waals surface area contributed by atoms with E-state index in [1.807, 2.05) is 0 Å². The molecule has 3 nitrogen and oxygen atoms in total. The smallest absolute Gasteiger partial charge is 0.233 e. The van der Waals surface area contributed by atoms with E-state index in [-0.39, 0.29) is 18.3 Å². The number of halogens is 2. The van der Waals surface area contributed by atoms with Gasteiger partial charge in [0.15, 0.2) is 0 Å². The molecule has 18 heavy (non-hydrogen) atoms. The monoisotopic (exact) mass is 266 g/mol. The Labute approximate surface area is 109 Å². The molecule has 0 bridgehead atoms. The molecule has 0 aliphatic carbocycles. The van der Waals surface area contributed by atoms with Crippen molar-refractivity contribution in [2.45, 2.75) is 13.2 Å². The third-order valence-electron chi connectivity index (χ3n) is 2.48. The van der Waals surface area contributed by atoms with Gasteiger partial charge in [-0.3, -0.25) is 0 Å². The highest BCUT2D eigenvalue weighted by Gasteiger charge is 2.09. The first-order chi connectivity index (χ1) is 8.72. The molecule has 1 heterocycles. The summed E-state index contributed by atoms with van der Waals surface area (Å²) in [4.78, 5) is 4.00. The fourth-order valence-electron chi connectivity index (χ4n) is 1.48. The molecule has 0 saturated carbocycles. The van der Waals surface area contributed by atoms with Crippen LogP contribution in [0.5, 0.6) is 5.88 Å². The van der Waals surface area contributed by atoms with E-state index in [4.69, 9.17) is 22.1 Å². The summed E-state index contributed by atoms with van der Waals surface area (Å²) in [7, 11) is 0. The molecule has 0 atom stereocenters. The fourth-order valence-corrected chi connectivity index (χ4v) is 1.73. The van der Waals surface area contributed by atoms with Crippen molar-refractivity contribution in [3.05, 3.63) is 58.5 Å². The summed E-state index contributed by atoms with van der Waals surface area (Å²) in [5.41, 5.74) is 6.72. The van der Waals surface area contributed by atoms with Crippen LogP contribution in [0.15, 0.2) is 36.5 Å². The van der Waals surface area contributed by atoms with E-state index in [0.29, 0.717) is 17.1 Å². The van der Waals surface area contributed by atoms with E-state index in [0.717, 1.165) is 5.56 Å². The van der Waals surface area contributed by atoms with Gasteiger partial charge >= 0.3 is 0 Å². The van der Waals surface area contributed by atoms with Gasteiger partial charge in [-0.25, -0.2) is 9.37 Å². The van der Waals surface area contributed by atoms with Crippen molar-refractivity contribution < 1.29 is 9.13 Å². The second-order valence-electron chi connectivity index (χ2n) is 3.67. The van der Waals surface area contributed by atoms with Crippen molar-refractivity contribution in [3.63, 3.8) is 0 Å². The topological polar surface area (TPSA) is 48.1 Å². The Morgan fingerprint density at radius 1 is 1.22 bits per heavy atom. The summed E-state index contributed by atoms with van der Waals surface area (Å²) < 4.78 is 18.8. The van der Waals surface area contributed by atoms with Crippen LogP contribution in [0, 0.1) is 5.82 Å².